The minimum absolute atomic E-state index is 0.0762. The van der Waals surface area contributed by atoms with Crippen LogP contribution in [0.25, 0.3) is 11.1 Å². The number of anilines is 1. The van der Waals surface area contributed by atoms with Crippen LogP contribution < -0.4 is 14.8 Å². The van der Waals surface area contributed by atoms with E-state index in [1.165, 1.54) is 0 Å². The second-order valence-electron chi connectivity index (χ2n) is 7.98. The molecule has 1 fully saturated rings. The van der Waals surface area contributed by atoms with E-state index in [1.807, 2.05) is 49.4 Å². The monoisotopic (exact) mass is 415 g/mol. The zero-order valence-electron chi connectivity index (χ0n) is 17.0. The van der Waals surface area contributed by atoms with Crippen LogP contribution in [0.15, 0.2) is 60.7 Å². The number of aromatic carboxylic acids is 1. The molecule has 2 N–H and O–H groups in total. The van der Waals surface area contributed by atoms with Crippen molar-refractivity contribution in [2.24, 2.45) is 0 Å². The third kappa shape index (κ3) is 3.30. The number of hydrogen-bond donors (Lipinski definition) is 2. The Morgan fingerprint density at radius 3 is 2.48 bits per heavy atom. The van der Waals surface area contributed by atoms with Gasteiger partial charge in [0.2, 0.25) is 12.7 Å². The van der Waals surface area contributed by atoms with Gasteiger partial charge in [0.25, 0.3) is 0 Å². The van der Waals surface area contributed by atoms with Crippen LogP contribution in [0.1, 0.15) is 34.3 Å². The van der Waals surface area contributed by atoms with Gasteiger partial charge in [0, 0.05) is 5.69 Å². The predicted molar refractivity (Wildman–Crippen MR) is 116 cm³/mol. The van der Waals surface area contributed by atoms with Crippen molar-refractivity contribution in [2.45, 2.75) is 25.2 Å². The molecule has 0 bridgehead atoms. The molecule has 3 aromatic carbocycles. The van der Waals surface area contributed by atoms with Gasteiger partial charge in [-0.3, -0.25) is 4.79 Å². The minimum atomic E-state index is -0.982. The van der Waals surface area contributed by atoms with Gasteiger partial charge in [-0.1, -0.05) is 30.3 Å². The third-order valence-electron chi connectivity index (χ3n) is 6.05. The van der Waals surface area contributed by atoms with Gasteiger partial charge in [0.1, 0.15) is 0 Å². The van der Waals surface area contributed by atoms with Crippen molar-refractivity contribution in [1.82, 2.24) is 0 Å². The molecule has 6 heteroatoms. The van der Waals surface area contributed by atoms with Gasteiger partial charge in [-0.2, -0.15) is 0 Å². The van der Waals surface area contributed by atoms with E-state index >= 15 is 0 Å². The van der Waals surface area contributed by atoms with Gasteiger partial charge < -0.3 is 19.9 Å². The molecule has 3 aromatic rings. The van der Waals surface area contributed by atoms with Crippen LogP contribution in [0.2, 0.25) is 0 Å². The molecule has 6 nitrogen and oxygen atoms in total. The lowest BCUT2D eigenvalue weighted by Crippen LogP contribution is -2.27. The van der Waals surface area contributed by atoms with Crippen molar-refractivity contribution in [1.29, 1.82) is 0 Å². The van der Waals surface area contributed by atoms with Gasteiger partial charge in [-0.15, -0.1) is 0 Å². The van der Waals surface area contributed by atoms with Crippen LogP contribution in [0.4, 0.5) is 5.69 Å². The van der Waals surface area contributed by atoms with Crippen molar-refractivity contribution in [3.05, 3.63) is 77.4 Å². The molecule has 0 radical (unpaired) electrons. The number of carbonyl (C=O) groups is 2. The van der Waals surface area contributed by atoms with Crippen LogP contribution in [0.3, 0.4) is 0 Å². The number of amides is 1. The first-order valence-electron chi connectivity index (χ1n) is 10.1. The Hall–Kier alpha value is -3.80. The van der Waals surface area contributed by atoms with E-state index in [1.54, 1.807) is 18.2 Å². The van der Waals surface area contributed by atoms with E-state index in [9.17, 15) is 14.7 Å². The summed E-state index contributed by atoms with van der Waals surface area (Å²) in [5.74, 6) is 0.302. The number of nitrogens with one attached hydrogen (secondary N) is 1. The zero-order valence-corrected chi connectivity index (χ0v) is 17.0. The molecule has 31 heavy (non-hydrogen) atoms. The SMILES string of the molecule is Cc1ccc(NC(=O)C2(c3ccc4c(c3)OCO4)CC2)cc1-c1ccccc1C(=O)O. The summed E-state index contributed by atoms with van der Waals surface area (Å²) in [7, 11) is 0. The Morgan fingerprint density at radius 2 is 1.71 bits per heavy atom. The maximum atomic E-state index is 13.2. The summed E-state index contributed by atoms with van der Waals surface area (Å²) in [6, 6.07) is 18.1. The van der Waals surface area contributed by atoms with Crippen LogP contribution >= 0.6 is 0 Å². The largest absolute Gasteiger partial charge is 0.478 e. The average molecular weight is 415 g/mol. The second kappa shape index (κ2) is 7.16. The van der Waals surface area contributed by atoms with Crippen LogP contribution in [0.5, 0.6) is 11.5 Å². The molecule has 0 spiro atoms. The first kappa shape index (κ1) is 19.2. The number of ether oxygens (including phenoxy) is 2. The van der Waals surface area contributed by atoms with Gasteiger partial charge in [0.15, 0.2) is 11.5 Å². The number of carbonyl (C=O) groups excluding carboxylic acids is 1. The molecule has 1 heterocycles. The number of carboxylic acids is 1. The maximum Gasteiger partial charge on any atom is 0.336 e. The van der Waals surface area contributed by atoms with Crippen molar-refractivity contribution in [3.63, 3.8) is 0 Å². The summed E-state index contributed by atoms with van der Waals surface area (Å²) in [4.78, 5) is 24.9. The number of aryl methyl sites for hydroxylation is 1. The Balaban J connectivity index is 1.44. The summed E-state index contributed by atoms with van der Waals surface area (Å²) in [5, 5.41) is 12.6. The highest BCUT2D eigenvalue weighted by molar-refractivity contribution is 6.02. The van der Waals surface area contributed by atoms with Crippen molar-refractivity contribution >= 4 is 17.6 Å². The summed E-state index contributed by atoms with van der Waals surface area (Å²) >= 11 is 0. The average Bonchev–Trinajstić information content (AvgIpc) is 3.46. The van der Waals surface area contributed by atoms with Crippen molar-refractivity contribution in [2.75, 3.05) is 12.1 Å². The normalized spacial score (nSPS) is 15.4. The topological polar surface area (TPSA) is 84.9 Å². The number of fused-ring (bicyclic) bond motifs is 1. The van der Waals surface area contributed by atoms with Crippen molar-refractivity contribution < 1.29 is 24.2 Å². The van der Waals surface area contributed by atoms with Gasteiger partial charge >= 0.3 is 5.97 Å². The summed E-state index contributed by atoms with van der Waals surface area (Å²) in [6.45, 7) is 2.12. The molecule has 1 aliphatic carbocycles. The highest BCUT2D eigenvalue weighted by Crippen LogP contribution is 2.51. The zero-order chi connectivity index (χ0) is 21.6. The van der Waals surface area contributed by atoms with E-state index in [0.717, 1.165) is 29.5 Å². The smallest absolute Gasteiger partial charge is 0.336 e. The molecule has 1 amide bonds. The van der Waals surface area contributed by atoms with E-state index < -0.39 is 11.4 Å². The first-order valence-corrected chi connectivity index (χ1v) is 10.1. The molecular formula is C25H21NO5. The fourth-order valence-electron chi connectivity index (χ4n) is 4.11. The third-order valence-corrected chi connectivity index (χ3v) is 6.05. The standard InChI is InChI=1S/C25H21NO5/c1-15-6-8-17(13-20(15)18-4-2-3-5-19(18)23(27)28)26-24(29)25(10-11-25)16-7-9-21-22(12-16)31-14-30-21/h2-9,12-13H,10-11,14H2,1H3,(H,26,29)(H,27,28). The second-order valence-corrected chi connectivity index (χ2v) is 7.98. The molecule has 156 valence electrons. The quantitative estimate of drug-likeness (QED) is 0.628. The van der Waals surface area contributed by atoms with Crippen LogP contribution in [0, 0.1) is 6.92 Å². The Labute approximate surface area is 179 Å². The molecule has 2 aliphatic rings. The summed E-state index contributed by atoms with van der Waals surface area (Å²) < 4.78 is 10.8. The molecule has 1 aliphatic heterocycles. The van der Waals surface area contributed by atoms with Crippen LogP contribution in [-0.2, 0) is 10.2 Å². The number of hydrogen-bond acceptors (Lipinski definition) is 4. The van der Waals surface area contributed by atoms with E-state index in [2.05, 4.69) is 5.32 Å². The minimum Gasteiger partial charge on any atom is -0.478 e. The molecule has 5 rings (SSSR count). The maximum absolute atomic E-state index is 13.2. The van der Waals surface area contributed by atoms with Crippen molar-refractivity contribution in [3.8, 4) is 22.6 Å². The number of carboxylic acid groups (broad SMARTS) is 1. The lowest BCUT2D eigenvalue weighted by molar-refractivity contribution is -0.118. The fraction of sp³-hybridized carbons (Fsp3) is 0.200. The molecule has 0 unspecified atom stereocenters. The number of benzene rings is 3. The Kier molecular flexibility index (Phi) is 4.43. The summed E-state index contributed by atoms with van der Waals surface area (Å²) in [5.41, 5.74) is 3.54. The van der Waals surface area contributed by atoms with E-state index in [0.29, 0.717) is 22.7 Å². The molecule has 0 aromatic heterocycles. The number of rotatable bonds is 5. The highest BCUT2D eigenvalue weighted by atomic mass is 16.7. The molecule has 0 saturated heterocycles. The lowest BCUT2D eigenvalue weighted by Gasteiger charge is -2.18. The molecule has 1 saturated carbocycles. The fourth-order valence-corrected chi connectivity index (χ4v) is 4.11. The van der Waals surface area contributed by atoms with Gasteiger partial charge in [0.05, 0.1) is 11.0 Å². The molecular weight excluding hydrogens is 394 g/mol. The van der Waals surface area contributed by atoms with E-state index in [-0.39, 0.29) is 18.3 Å². The van der Waals surface area contributed by atoms with Gasteiger partial charge in [-0.05, 0) is 72.4 Å². The predicted octanol–water partition coefficient (Wildman–Crippen LogP) is 4.76. The summed E-state index contributed by atoms with van der Waals surface area (Å²) in [6.07, 6.45) is 1.53. The Bertz CT molecular complexity index is 1210. The first-order chi connectivity index (χ1) is 15.0. The highest BCUT2D eigenvalue weighted by Gasteiger charge is 2.51. The van der Waals surface area contributed by atoms with Gasteiger partial charge in [-0.25, -0.2) is 4.79 Å². The van der Waals surface area contributed by atoms with Crippen LogP contribution in [-0.4, -0.2) is 23.8 Å². The lowest BCUT2D eigenvalue weighted by atomic mass is 9.93. The Morgan fingerprint density at radius 1 is 0.935 bits per heavy atom. The molecule has 0 atom stereocenters. The van der Waals surface area contributed by atoms with E-state index in [4.69, 9.17) is 9.47 Å².